The van der Waals surface area contributed by atoms with Gasteiger partial charge < -0.3 is 10.2 Å². The summed E-state index contributed by atoms with van der Waals surface area (Å²) >= 11 is 5.10. The zero-order valence-corrected chi connectivity index (χ0v) is 12.3. The molecule has 1 N–H and O–H groups in total. The molecule has 1 atom stereocenters. The lowest BCUT2D eigenvalue weighted by molar-refractivity contribution is -0.135. The van der Waals surface area contributed by atoms with Crippen LogP contribution in [0.15, 0.2) is 15.2 Å². The predicted molar refractivity (Wildman–Crippen MR) is 74.1 cm³/mol. The van der Waals surface area contributed by atoms with Crippen LogP contribution in [0.4, 0.5) is 0 Å². The molecule has 0 bridgehead atoms. The Labute approximate surface area is 114 Å². The third-order valence-corrected chi connectivity index (χ3v) is 4.62. The van der Waals surface area contributed by atoms with Gasteiger partial charge in [0.25, 0.3) is 0 Å². The molecule has 1 amide bonds. The molecule has 2 rings (SSSR count). The van der Waals surface area contributed by atoms with Gasteiger partial charge in [0, 0.05) is 20.1 Å². The Balaban J connectivity index is 1.90. The van der Waals surface area contributed by atoms with E-state index in [1.165, 1.54) is 5.56 Å². The molecule has 1 aromatic heterocycles. The van der Waals surface area contributed by atoms with Crippen LogP contribution in [0.25, 0.3) is 0 Å². The van der Waals surface area contributed by atoms with E-state index in [2.05, 4.69) is 32.7 Å². The van der Waals surface area contributed by atoms with Gasteiger partial charge >= 0.3 is 0 Å². The molecule has 0 spiro atoms. The lowest BCUT2D eigenvalue weighted by Gasteiger charge is -2.26. The summed E-state index contributed by atoms with van der Waals surface area (Å²) in [5.74, 6) is 0.426. The Bertz CT molecular complexity index is 388. The highest BCUT2D eigenvalue weighted by Crippen LogP contribution is 2.22. The van der Waals surface area contributed by atoms with Crippen LogP contribution in [-0.2, 0) is 11.3 Å². The summed E-state index contributed by atoms with van der Waals surface area (Å²) in [5, 5.41) is 5.38. The minimum absolute atomic E-state index is 0.163. The van der Waals surface area contributed by atoms with Gasteiger partial charge in [-0.25, -0.2) is 0 Å². The van der Waals surface area contributed by atoms with Gasteiger partial charge in [0.15, 0.2) is 0 Å². The van der Waals surface area contributed by atoms with E-state index in [0.29, 0.717) is 6.54 Å². The van der Waals surface area contributed by atoms with Gasteiger partial charge in [0.1, 0.15) is 0 Å². The molecule has 2 heterocycles. The smallest absolute Gasteiger partial charge is 0.227 e. The fourth-order valence-corrected chi connectivity index (χ4v) is 3.36. The van der Waals surface area contributed by atoms with E-state index in [9.17, 15) is 4.79 Å². The molecule has 0 aromatic carbocycles. The standard InChI is InChI=1S/C12H17BrN2OS/c1-15(7-9-5-11(13)17-8-9)12(16)10-3-2-4-14-6-10/h5,8,10,14H,2-4,6-7H2,1H3/t10-/m1/s1. The Hall–Kier alpha value is -0.390. The third kappa shape index (κ3) is 3.53. The van der Waals surface area contributed by atoms with Crippen molar-refractivity contribution in [2.45, 2.75) is 19.4 Å². The van der Waals surface area contributed by atoms with Gasteiger partial charge in [0.2, 0.25) is 5.91 Å². The fourth-order valence-electron chi connectivity index (χ4n) is 2.15. The average molecular weight is 317 g/mol. The van der Waals surface area contributed by atoms with Crippen LogP contribution >= 0.6 is 27.3 Å². The van der Waals surface area contributed by atoms with E-state index in [-0.39, 0.29) is 11.8 Å². The van der Waals surface area contributed by atoms with Crippen molar-refractivity contribution < 1.29 is 4.79 Å². The molecule has 0 saturated carbocycles. The van der Waals surface area contributed by atoms with E-state index >= 15 is 0 Å². The molecule has 1 aromatic rings. The molecular formula is C12H17BrN2OS. The number of amides is 1. The zero-order chi connectivity index (χ0) is 12.3. The molecule has 1 saturated heterocycles. The average Bonchev–Trinajstić information content (AvgIpc) is 2.75. The maximum atomic E-state index is 12.2. The van der Waals surface area contributed by atoms with Crippen LogP contribution in [0.2, 0.25) is 0 Å². The second kappa shape index (κ2) is 5.98. The summed E-state index contributed by atoms with van der Waals surface area (Å²) in [4.78, 5) is 14.0. The van der Waals surface area contributed by atoms with Gasteiger partial charge in [-0.3, -0.25) is 4.79 Å². The van der Waals surface area contributed by atoms with Crippen LogP contribution in [-0.4, -0.2) is 30.9 Å². The number of carbonyl (C=O) groups excluding carboxylic acids is 1. The van der Waals surface area contributed by atoms with Gasteiger partial charge in [-0.15, -0.1) is 11.3 Å². The maximum Gasteiger partial charge on any atom is 0.227 e. The molecule has 5 heteroatoms. The normalized spacial score (nSPS) is 20.2. The number of carbonyl (C=O) groups is 1. The topological polar surface area (TPSA) is 32.3 Å². The van der Waals surface area contributed by atoms with E-state index < -0.39 is 0 Å². The SMILES string of the molecule is CN(Cc1csc(Br)c1)C(=O)[C@@H]1CCCNC1. The van der Waals surface area contributed by atoms with Crippen molar-refractivity contribution in [3.05, 3.63) is 20.8 Å². The summed E-state index contributed by atoms with van der Waals surface area (Å²) in [6, 6.07) is 2.08. The van der Waals surface area contributed by atoms with E-state index in [1.807, 2.05) is 11.9 Å². The number of hydrogen-bond acceptors (Lipinski definition) is 3. The first-order valence-corrected chi connectivity index (χ1v) is 7.52. The summed E-state index contributed by atoms with van der Waals surface area (Å²) in [7, 11) is 1.89. The maximum absolute atomic E-state index is 12.2. The van der Waals surface area contributed by atoms with Crippen molar-refractivity contribution in [2.75, 3.05) is 20.1 Å². The molecule has 0 radical (unpaired) electrons. The molecule has 1 aliphatic heterocycles. The molecule has 1 fully saturated rings. The highest BCUT2D eigenvalue weighted by molar-refractivity contribution is 9.11. The molecule has 17 heavy (non-hydrogen) atoms. The van der Waals surface area contributed by atoms with Crippen LogP contribution in [0.1, 0.15) is 18.4 Å². The minimum Gasteiger partial charge on any atom is -0.341 e. The number of hydrogen-bond donors (Lipinski definition) is 1. The first kappa shape index (κ1) is 13.1. The van der Waals surface area contributed by atoms with Gasteiger partial charge in [0.05, 0.1) is 9.70 Å². The van der Waals surface area contributed by atoms with E-state index in [0.717, 1.165) is 29.7 Å². The minimum atomic E-state index is 0.163. The number of nitrogens with zero attached hydrogens (tertiary/aromatic N) is 1. The van der Waals surface area contributed by atoms with Crippen molar-refractivity contribution in [3.8, 4) is 0 Å². The zero-order valence-electron chi connectivity index (χ0n) is 9.91. The Morgan fingerprint density at radius 3 is 3.12 bits per heavy atom. The van der Waals surface area contributed by atoms with Crippen LogP contribution in [0.5, 0.6) is 0 Å². The quantitative estimate of drug-likeness (QED) is 0.929. The van der Waals surface area contributed by atoms with Gasteiger partial charge in [-0.2, -0.15) is 0 Å². The van der Waals surface area contributed by atoms with E-state index in [1.54, 1.807) is 11.3 Å². The Morgan fingerprint density at radius 2 is 2.53 bits per heavy atom. The number of thiophene rings is 1. The molecule has 94 valence electrons. The first-order chi connectivity index (χ1) is 8.16. The molecule has 0 aliphatic carbocycles. The molecular weight excluding hydrogens is 300 g/mol. The van der Waals surface area contributed by atoms with Crippen LogP contribution in [0.3, 0.4) is 0 Å². The summed E-state index contributed by atoms with van der Waals surface area (Å²) in [5.41, 5.74) is 1.20. The molecule has 0 unspecified atom stereocenters. The second-order valence-corrected chi connectivity index (χ2v) is 6.79. The summed E-state index contributed by atoms with van der Waals surface area (Å²) < 4.78 is 1.12. The predicted octanol–water partition coefficient (Wildman–Crippen LogP) is 2.47. The number of nitrogens with one attached hydrogen (secondary N) is 1. The van der Waals surface area contributed by atoms with Crippen LogP contribution in [0, 0.1) is 5.92 Å². The van der Waals surface area contributed by atoms with Crippen molar-refractivity contribution in [1.82, 2.24) is 10.2 Å². The Kier molecular flexibility index (Phi) is 4.59. The van der Waals surface area contributed by atoms with Crippen molar-refractivity contribution >= 4 is 33.2 Å². The first-order valence-electron chi connectivity index (χ1n) is 5.85. The van der Waals surface area contributed by atoms with E-state index in [4.69, 9.17) is 0 Å². The fraction of sp³-hybridized carbons (Fsp3) is 0.583. The highest BCUT2D eigenvalue weighted by atomic mass is 79.9. The van der Waals surface area contributed by atoms with Crippen LogP contribution < -0.4 is 5.32 Å². The molecule has 3 nitrogen and oxygen atoms in total. The largest absolute Gasteiger partial charge is 0.341 e. The lowest BCUT2D eigenvalue weighted by Crippen LogP contribution is -2.41. The van der Waals surface area contributed by atoms with Gasteiger partial charge in [-0.05, 0) is 52.3 Å². The van der Waals surface area contributed by atoms with Gasteiger partial charge in [-0.1, -0.05) is 0 Å². The van der Waals surface area contributed by atoms with Crippen molar-refractivity contribution in [2.24, 2.45) is 5.92 Å². The Morgan fingerprint density at radius 1 is 1.71 bits per heavy atom. The highest BCUT2D eigenvalue weighted by Gasteiger charge is 2.23. The summed E-state index contributed by atoms with van der Waals surface area (Å²) in [6.45, 7) is 2.58. The lowest BCUT2D eigenvalue weighted by atomic mass is 9.98. The second-order valence-electron chi connectivity index (χ2n) is 4.50. The number of piperidine rings is 1. The number of halogens is 1. The molecule has 1 aliphatic rings. The summed E-state index contributed by atoms with van der Waals surface area (Å²) in [6.07, 6.45) is 2.12. The van der Waals surface area contributed by atoms with Crippen molar-refractivity contribution in [3.63, 3.8) is 0 Å². The van der Waals surface area contributed by atoms with Crippen molar-refractivity contribution in [1.29, 1.82) is 0 Å². The monoisotopic (exact) mass is 316 g/mol. The third-order valence-electron chi connectivity index (χ3n) is 3.06. The number of rotatable bonds is 3.